The lowest BCUT2D eigenvalue weighted by molar-refractivity contribution is -0.121. The van der Waals surface area contributed by atoms with Crippen LogP contribution in [0.5, 0.6) is 0 Å². The number of hydrogen-bond acceptors (Lipinski definition) is 2. The van der Waals surface area contributed by atoms with Crippen LogP contribution in [0.15, 0.2) is 60.7 Å². The molecule has 1 unspecified atom stereocenters. The molecule has 1 aliphatic heterocycles. The van der Waals surface area contributed by atoms with E-state index in [2.05, 4.69) is 34.5 Å². The Morgan fingerprint density at radius 3 is 2.75 bits per heavy atom. The molecule has 1 saturated heterocycles. The summed E-state index contributed by atoms with van der Waals surface area (Å²) >= 11 is 0. The molecule has 1 N–H and O–H groups in total. The second-order valence-electron chi connectivity index (χ2n) is 7.49. The van der Waals surface area contributed by atoms with Crippen LogP contribution in [-0.4, -0.2) is 30.4 Å². The molecule has 3 rings (SSSR count). The lowest BCUT2D eigenvalue weighted by Gasteiger charge is -2.31. The molecule has 1 fully saturated rings. The number of carbonyl (C=O) groups excluding carboxylic acids is 1. The normalized spacial score (nSPS) is 17.7. The van der Waals surface area contributed by atoms with Gasteiger partial charge >= 0.3 is 0 Å². The minimum atomic E-state index is -0.269. The van der Waals surface area contributed by atoms with E-state index in [0.717, 1.165) is 26.1 Å². The van der Waals surface area contributed by atoms with Gasteiger partial charge in [-0.1, -0.05) is 60.7 Å². The first-order valence-corrected chi connectivity index (χ1v) is 10.1. The highest BCUT2D eigenvalue weighted by atomic mass is 19.1. The third-order valence-electron chi connectivity index (χ3n) is 5.29. The molecule has 0 bridgehead atoms. The third-order valence-corrected chi connectivity index (χ3v) is 5.29. The van der Waals surface area contributed by atoms with Crippen LogP contribution >= 0.6 is 0 Å². The zero-order valence-electron chi connectivity index (χ0n) is 16.3. The molecule has 1 aliphatic rings. The quantitative estimate of drug-likeness (QED) is 0.723. The average Bonchev–Trinajstić information content (AvgIpc) is 2.73. The van der Waals surface area contributed by atoms with Gasteiger partial charge in [-0.2, -0.15) is 0 Å². The van der Waals surface area contributed by atoms with E-state index in [1.807, 2.05) is 18.2 Å². The molecule has 1 heterocycles. The minimum Gasteiger partial charge on any atom is -0.352 e. The molecule has 0 saturated carbocycles. The van der Waals surface area contributed by atoms with Gasteiger partial charge in [-0.15, -0.1) is 0 Å². The van der Waals surface area contributed by atoms with Gasteiger partial charge in [-0.25, -0.2) is 4.39 Å². The molecule has 3 nitrogen and oxygen atoms in total. The summed E-state index contributed by atoms with van der Waals surface area (Å²) in [5.74, 6) is 0.289. The van der Waals surface area contributed by atoms with Crippen LogP contribution in [0.25, 0.3) is 6.08 Å². The number of nitrogens with zero attached hydrogens (tertiary/aromatic N) is 1. The smallest absolute Gasteiger partial charge is 0.220 e. The third kappa shape index (κ3) is 6.61. The molecule has 0 radical (unpaired) electrons. The van der Waals surface area contributed by atoms with E-state index >= 15 is 0 Å². The molecule has 0 aromatic heterocycles. The fourth-order valence-electron chi connectivity index (χ4n) is 3.71. The predicted octanol–water partition coefficient (Wildman–Crippen LogP) is 4.65. The molecule has 1 amide bonds. The highest BCUT2D eigenvalue weighted by Gasteiger charge is 2.19. The molecule has 1 atom stereocenters. The average molecular weight is 381 g/mol. The van der Waals surface area contributed by atoms with Gasteiger partial charge in [-0.3, -0.25) is 9.69 Å². The first kappa shape index (κ1) is 20.3. The number of piperidine rings is 1. The van der Waals surface area contributed by atoms with Crippen molar-refractivity contribution in [3.05, 3.63) is 77.6 Å². The molecular formula is C24H29FN2O. The van der Waals surface area contributed by atoms with Gasteiger partial charge in [0.15, 0.2) is 0 Å². The second kappa shape index (κ2) is 10.8. The molecule has 0 aliphatic carbocycles. The predicted molar refractivity (Wildman–Crippen MR) is 112 cm³/mol. The van der Waals surface area contributed by atoms with Crippen LogP contribution < -0.4 is 5.32 Å². The van der Waals surface area contributed by atoms with Crippen molar-refractivity contribution in [3.63, 3.8) is 0 Å². The van der Waals surface area contributed by atoms with Crippen LogP contribution in [0.4, 0.5) is 4.39 Å². The van der Waals surface area contributed by atoms with Crippen molar-refractivity contribution in [3.8, 4) is 0 Å². The highest BCUT2D eigenvalue weighted by molar-refractivity contribution is 5.75. The largest absolute Gasteiger partial charge is 0.352 e. The van der Waals surface area contributed by atoms with Gasteiger partial charge < -0.3 is 5.32 Å². The second-order valence-corrected chi connectivity index (χ2v) is 7.49. The molecule has 4 heteroatoms. The maximum atomic E-state index is 13.6. The number of halogens is 1. The Morgan fingerprint density at radius 1 is 1.14 bits per heavy atom. The fraction of sp³-hybridized carbons (Fsp3) is 0.375. The van der Waals surface area contributed by atoms with Gasteiger partial charge in [0.1, 0.15) is 5.82 Å². The Bertz CT molecular complexity index is 775. The Balaban J connectivity index is 1.37. The number of hydrogen-bond donors (Lipinski definition) is 1. The number of amides is 1. The summed E-state index contributed by atoms with van der Waals surface area (Å²) in [6.07, 6.45) is 8.15. The number of likely N-dealkylation sites (tertiary alicyclic amines) is 1. The van der Waals surface area contributed by atoms with Gasteiger partial charge in [-0.05, 0) is 43.4 Å². The Hall–Kier alpha value is -2.46. The maximum absolute atomic E-state index is 13.6. The van der Waals surface area contributed by atoms with E-state index in [1.165, 1.54) is 24.5 Å². The lowest BCUT2D eigenvalue weighted by atomic mass is 9.93. The molecule has 0 spiro atoms. The summed E-state index contributed by atoms with van der Waals surface area (Å²) in [5.41, 5.74) is 1.76. The van der Waals surface area contributed by atoms with E-state index in [-0.39, 0.29) is 18.3 Å². The van der Waals surface area contributed by atoms with Gasteiger partial charge in [0.2, 0.25) is 5.91 Å². The summed E-state index contributed by atoms with van der Waals surface area (Å²) in [5, 5.41) is 2.84. The van der Waals surface area contributed by atoms with Crippen molar-refractivity contribution in [2.45, 2.75) is 32.2 Å². The topological polar surface area (TPSA) is 32.3 Å². The van der Waals surface area contributed by atoms with Crippen molar-refractivity contribution in [1.29, 1.82) is 0 Å². The van der Waals surface area contributed by atoms with E-state index in [1.54, 1.807) is 18.2 Å². The standard InChI is InChI=1S/C24H29FN2O/c25-23-13-5-4-12-22(23)18-26-24(28)15-14-21-11-7-17-27(19-21)16-6-10-20-8-2-1-3-9-20/h1-6,8-10,12-13,21H,7,11,14-19H2,(H,26,28)/b10-6+. The summed E-state index contributed by atoms with van der Waals surface area (Å²) in [6, 6.07) is 16.9. The molecule has 28 heavy (non-hydrogen) atoms. The first-order chi connectivity index (χ1) is 13.7. The van der Waals surface area contributed by atoms with E-state index in [4.69, 9.17) is 0 Å². The minimum absolute atomic E-state index is 0.00403. The molecular weight excluding hydrogens is 351 g/mol. The van der Waals surface area contributed by atoms with Gasteiger partial charge in [0, 0.05) is 31.6 Å². The van der Waals surface area contributed by atoms with Crippen molar-refractivity contribution in [1.82, 2.24) is 10.2 Å². The SMILES string of the molecule is O=C(CCC1CCCN(C/C=C/c2ccccc2)C1)NCc1ccccc1F. The van der Waals surface area contributed by atoms with Crippen molar-refractivity contribution < 1.29 is 9.18 Å². The van der Waals surface area contributed by atoms with E-state index in [9.17, 15) is 9.18 Å². The highest BCUT2D eigenvalue weighted by Crippen LogP contribution is 2.21. The molecule has 148 valence electrons. The molecule has 2 aromatic rings. The summed E-state index contributed by atoms with van der Waals surface area (Å²) in [7, 11) is 0. The number of rotatable bonds is 8. The number of benzene rings is 2. The van der Waals surface area contributed by atoms with Crippen molar-refractivity contribution in [2.75, 3.05) is 19.6 Å². The first-order valence-electron chi connectivity index (χ1n) is 10.1. The van der Waals surface area contributed by atoms with Crippen LogP contribution in [-0.2, 0) is 11.3 Å². The van der Waals surface area contributed by atoms with Crippen molar-refractivity contribution >= 4 is 12.0 Å². The monoisotopic (exact) mass is 380 g/mol. The Morgan fingerprint density at radius 2 is 1.93 bits per heavy atom. The van der Waals surface area contributed by atoms with Crippen LogP contribution in [0.2, 0.25) is 0 Å². The number of nitrogens with one attached hydrogen (secondary N) is 1. The van der Waals surface area contributed by atoms with E-state index < -0.39 is 0 Å². The van der Waals surface area contributed by atoms with Crippen LogP contribution in [0.3, 0.4) is 0 Å². The molecule has 2 aromatic carbocycles. The van der Waals surface area contributed by atoms with Gasteiger partial charge in [0.05, 0.1) is 0 Å². The summed E-state index contributed by atoms with van der Waals surface area (Å²) in [4.78, 5) is 14.6. The summed E-state index contributed by atoms with van der Waals surface area (Å²) < 4.78 is 13.6. The van der Waals surface area contributed by atoms with Gasteiger partial charge in [0.25, 0.3) is 0 Å². The Kier molecular flexibility index (Phi) is 7.80. The zero-order valence-corrected chi connectivity index (χ0v) is 16.3. The van der Waals surface area contributed by atoms with Crippen LogP contribution in [0, 0.1) is 11.7 Å². The van der Waals surface area contributed by atoms with E-state index in [0.29, 0.717) is 17.9 Å². The maximum Gasteiger partial charge on any atom is 0.220 e. The van der Waals surface area contributed by atoms with Crippen LogP contribution in [0.1, 0.15) is 36.8 Å². The zero-order chi connectivity index (χ0) is 19.6. The van der Waals surface area contributed by atoms with Crippen molar-refractivity contribution in [2.24, 2.45) is 5.92 Å². The number of carbonyl (C=O) groups is 1. The summed E-state index contributed by atoms with van der Waals surface area (Å²) in [6.45, 7) is 3.37. The lowest BCUT2D eigenvalue weighted by Crippen LogP contribution is -2.36. The fourth-order valence-corrected chi connectivity index (χ4v) is 3.71. The Labute approximate surface area is 167 Å².